The molecule has 0 saturated carbocycles. The van der Waals surface area contributed by atoms with Gasteiger partial charge in [-0.05, 0) is 12.1 Å². The number of aromatic nitrogens is 1. The first kappa shape index (κ1) is 17.8. The third kappa shape index (κ3) is 4.27. The van der Waals surface area contributed by atoms with Crippen LogP contribution in [0.2, 0.25) is 0 Å². The summed E-state index contributed by atoms with van der Waals surface area (Å²) in [7, 11) is 1.42. The summed E-state index contributed by atoms with van der Waals surface area (Å²) in [4.78, 5) is 13.2. The highest BCUT2D eigenvalue weighted by molar-refractivity contribution is 5.92. The number of likely N-dealkylation sites (N-methyl/N-ethyl adjacent to an activating group) is 1. The van der Waals surface area contributed by atoms with Crippen molar-refractivity contribution < 1.29 is 33.0 Å². The highest BCUT2D eigenvalue weighted by Gasteiger charge is 2.19. The van der Waals surface area contributed by atoms with Crippen LogP contribution in [0.4, 0.5) is 8.78 Å². The predicted molar refractivity (Wildman–Crippen MR) is 77.2 cm³/mol. The third-order valence-electron chi connectivity index (χ3n) is 3.10. The molecule has 24 heavy (non-hydrogen) atoms. The number of ether oxygens (including phenoxy) is 1. The van der Waals surface area contributed by atoms with Gasteiger partial charge in [0.2, 0.25) is 0 Å². The molecule has 130 valence electrons. The van der Waals surface area contributed by atoms with Crippen LogP contribution in [0, 0.1) is 11.6 Å². The number of carbonyl (C=O) groups excluding carboxylic acids is 1. The standard InChI is InChI=1S/C15H16F2N2O5/c1-19(6-9(21)7-20)15(22)13-5-10(24-18-13)8-23-14-11(16)3-2-4-12(14)17/h2-5,9,20-21H,6-8H2,1H3/t9-/m1/s1. The number of hydrogen-bond donors (Lipinski definition) is 2. The molecular formula is C15H16F2N2O5. The van der Waals surface area contributed by atoms with Crippen molar-refractivity contribution in [2.24, 2.45) is 0 Å². The quantitative estimate of drug-likeness (QED) is 0.778. The molecule has 1 aromatic heterocycles. The largest absolute Gasteiger partial charge is 0.479 e. The van der Waals surface area contributed by atoms with Crippen molar-refractivity contribution in [3.05, 3.63) is 47.4 Å². The molecule has 0 saturated heterocycles. The minimum Gasteiger partial charge on any atom is -0.479 e. The maximum Gasteiger partial charge on any atom is 0.275 e. The Kier molecular flexibility index (Phi) is 5.83. The van der Waals surface area contributed by atoms with Crippen LogP contribution in [0.5, 0.6) is 5.75 Å². The molecule has 1 heterocycles. The zero-order chi connectivity index (χ0) is 17.7. The SMILES string of the molecule is CN(C[C@@H](O)CO)C(=O)c1cc(COc2c(F)cccc2F)on1. The highest BCUT2D eigenvalue weighted by atomic mass is 19.1. The van der Waals surface area contributed by atoms with Crippen LogP contribution >= 0.6 is 0 Å². The van der Waals surface area contributed by atoms with Gasteiger partial charge in [-0.3, -0.25) is 4.79 Å². The predicted octanol–water partition coefficient (Wildman–Crippen LogP) is 0.957. The minimum atomic E-state index is -1.07. The summed E-state index contributed by atoms with van der Waals surface area (Å²) in [6.45, 7) is -0.890. The van der Waals surface area contributed by atoms with Gasteiger partial charge in [0.25, 0.3) is 5.91 Å². The van der Waals surface area contributed by atoms with Crippen LogP contribution in [0.3, 0.4) is 0 Å². The van der Waals surface area contributed by atoms with Gasteiger partial charge in [-0.2, -0.15) is 0 Å². The second-order valence-electron chi connectivity index (χ2n) is 5.04. The highest BCUT2D eigenvalue weighted by Crippen LogP contribution is 2.22. The Hall–Kier alpha value is -2.52. The molecule has 1 atom stereocenters. The minimum absolute atomic E-state index is 0.0600. The second kappa shape index (κ2) is 7.84. The number of hydrogen-bond acceptors (Lipinski definition) is 6. The lowest BCUT2D eigenvalue weighted by Crippen LogP contribution is -2.36. The van der Waals surface area contributed by atoms with E-state index >= 15 is 0 Å². The maximum atomic E-state index is 13.4. The summed E-state index contributed by atoms with van der Waals surface area (Å²) in [5, 5.41) is 21.6. The molecule has 9 heteroatoms. The zero-order valence-electron chi connectivity index (χ0n) is 12.8. The Bertz CT molecular complexity index is 687. The van der Waals surface area contributed by atoms with E-state index in [0.29, 0.717) is 0 Å². The number of carbonyl (C=O) groups is 1. The monoisotopic (exact) mass is 342 g/mol. The van der Waals surface area contributed by atoms with Gasteiger partial charge in [0.05, 0.1) is 12.7 Å². The summed E-state index contributed by atoms with van der Waals surface area (Å²) >= 11 is 0. The number of amides is 1. The molecule has 0 fully saturated rings. The van der Waals surface area contributed by atoms with Crippen molar-refractivity contribution in [2.45, 2.75) is 12.7 Å². The summed E-state index contributed by atoms with van der Waals surface area (Å²) in [5.41, 5.74) is -0.0600. The topological polar surface area (TPSA) is 96.0 Å². The Balaban J connectivity index is 1.99. The van der Waals surface area contributed by atoms with Gasteiger partial charge in [-0.15, -0.1) is 0 Å². The van der Waals surface area contributed by atoms with E-state index in [1.54, 1.807) is 0 Å². The van der Waals surface area contributed by atoms with Crippen LogP contribution in [-0.4, -0.2) is 52.5 Å². The van der Waals surface area contributed by atoms with Crippen LogP contribution in [-0.2, 0) is 6.61 Å². The Morgan fingerprint density at radius 2 is 2.08 bits per heavy atom. The number of nitrogens with zero attached hydrogens (tertiary/aromatic N) is 2. The van der Waals surface area contributed by atoms with Gasteiger partial charge in [0.15, 0.2) is 28.8 Å². The number of benzene rings is 1. The van der Waals surface area contributed by atoms with Gasteiger partial charge in [0, 0.05) is 19.7 Å². The molecule has 2 aromatic rings. The molecule has 0 radical (unpaired) electrons. The van der Waals surface area contributed by atoms with Crippen LogP contribution < -0.4 is 4.74 Å². The normalized spacial score (nSPS) is 12.0. The molecule has 0 aliphatic rings. The number of para-hydroxylation sites is 1. The van der Waals surface area contributed by atoms with Crippen molar-refractivity contribution >= 4 is 5.91 Å². The van der Waals surface area contributed by atoms with Crippen molar-refractivity contribution in [3.8, 4) is 5.75 Å². The molecule has 1 amide bonds. The zero-order valence-corrected chi connectivity index (χ0v) is 12.8. The van der Waals surface area contributed by atoms with Crippen LogP contribution in [0.15, 0.2) is 28.8 Å². The number of halogens is 2. The fourth-order valence-corrected chi connectivity index (χ4v) is 1.90. The molecule has 0 aliphatic carbocycles. The first-order chi connectivity index (χ1) is 11.4. The van der Waals surface area contributed by atoms with Gasteiger partial charge < -0.3 is 24.4 Å². The summed E-state index contributed by atoms with van der Waals surface area (Å²) in [6.07, 6.45) is -1.07. The summed E-state index contributed by atoms with van der Waals surface area (Å²) in [6, 6.07) is 4.58. The fourth-order valence-electron chi connectivity index (χ4n) is 1.90. The fraction of sp³-hybridized carbons (Fsp3) is 0.333. The molecule has 0 spiro atoms. The van der Waals surface area contributed by atoms with E-state index in [9.17, 15) is 18.7 Å². The van der Waals surface area contributed by atoms with E-state index in [1.807, 2.05) is 0 Å². The molecule has 1 aromatic carbocycles. The maximum absolute atomic E-state index is 13.4. The number of aliphatic hydroxyl groups is 2. The summed E-state index contributed by atoms with van der Waals surface area (Å²) < 4.78 is 36.8. The van der Waals surface area contributed by atoms with Crippen LogP contribution in [0.1, 0.15) is 16.2 Å². The molecule has 2 rings (SSSR count). The first-order valence-electron chi connectivity index (χ1n) is 6.99. The Labute approximate surface area is 136 Å². The van der Waals surface area contributed by atoms with E-state index in [2.05, 4.69) is 5.16 Å². The molecule has 0 unspecified atom stereocenters. The van der Waals surface area contributed by atoms with Crippen LogP contribution in [0.25, 0.3) is 0 Å². The molecule has 0 aliphatic heterocycles. The Morgan fingerprint density at radius 1 is 1.42 bits per heavy atom. The van der Waals surface area contributed by atoms with E-state index < -0.39 is 36.0 Å². The van der Waals surface area contributed by atoms with E-state index in [4.69, 9.17) is 14.4 Å². The first-order valence-corrected chi connectivity index (χ1v) is 6.99. The second-order valence-corrected chi connectivity index (χ2v) is 5.04. The lowest BCUT2D eigenvalue weighted by atomic mass is 10.3. The van der Waals surface area contributed by atoms with Crippen molar-refractivity contribution in [1.29, 1.82) is 0 Å². The average molecular weight is 342 g/mol. The smallest absolute Gasteiger partial charge is 0.275 e. The van der Waals surface area contributed by atoms with E-state index in [0.717, 1.165) is 17.0 Å². The van der Waals surface area contributed by atoms with Gasteiger partial charge in [-0.1, -0.05) is 11.2 Å². The summed E-state index contributed by atoms with van der Waals surface area (Å²) in [5.74, 6) is -2.72. The van der Waals surface area contributed by atoms with Gasteiger partial charge >= 0.3 is 0 Å². The molecular weight excluding hydrogens is 326 g/mol. The molecule has 0 bridgehead atoms. The third-order valence-corrected chi connectivity index (χ3v) is 3.10. The van der Waals surface area contributed by atoms with Crippen molar-refractivity contribution in [3.63, 3.8) is 0 Å². The number of aliphatic hydroxyl groups excluding tert-OH is 2. The van der Waals surface area contributed by atoms with E-state index in [-0.39, 0.29) is 24.6 Å². The van der Waals surface area contributed by atoms with E-state index in [1.165, 1.54) is 19.2 Å². The lowest BCUT2D eigenvalue weighted by molar-refractivity contribution is 0.0513. The number of rotatable bonds is 7. The molecule has 7 nitrogen and oxygen atoms in total. The van der Waals surface area contributed by atoms with Crippen molar-refractivity contribution in [1.82, 2.24) is 10.1 Å². The van der Waals surface area contributed by atoms with Gasteiger partial charge in [-0.25, -0.2) is 8.78 Å². The molecule has 2 N–H and O–H groups in total. The Morgan fingerprint density at radius 3 is 2.71 bits per heavy atom. The van der Waals surface area contributed by atoms with Crippen molar-refractivity contribution in [2.75, 3.05) is 20.2 Å². The lowest BCUT2D eigenvalue weighted by Gasteiger charge is -2.18. The van der Waals surface area contributed by atoms with Gasteiger partial charge in [0.1, 0.15) is 6.61 Å². The average Bonchev–Trinajstić information content (AvgIpc) is 3.02.